The summed E-state index contributed by atoms with van der Waals surface area (Å²) in [5.74, 6) is -0.602. The van der Waals surface area contributed by atoms with E-state index in [-0.39, 0.29) is 5.75 Å². The van der Waals surface area contributed by atoms with Crippen molar-refractivity contribution in [1.29, 1.82) is 0 Å². The lowest BCUT2D eigenvalue weighted by Gasteiger charge is -2.16. The zero-order valence-electron chi connectivity index (χ0n) is 14.1. The van der Waals surface area contributed by atoms with Gasteiger partial charge in [0.1, 0.15) is 0 Å². The molecule has 0 spiro atoms. The van der Waals surface area contributed by atoms with Crippen LogP contribution in [0.4, 0.5) is 4.39 Å². The van der Waals surface area contributed by atoms with Crippen LogP contribution in [-0.4, -0.2) is 24.7 Å². The van der Waals surface area contributed by atoms with Crippen LogP contribution < -0.4 is 20.7 Å². The first-order valence-electron chi connectivity index (χ1n) is 7.21. The van der Waals surface area contributed by atoms with Crippen LogP contribution in [0, 0.1) is 5.82 Å². The zero-order valence-corrected chi connectivity index (χ0v) is 14.9. The molecule has 0 aliphatic heterocycles. The van der Waals surface area contributed by atoms with E-state index in [1.54, 1.807) is 0 Å². The molecule has 2 aromatic rings. The van der Waals surface area contributed by atoms with Crippen LogP contribution in [0.15, 0.2) is 38.9 Å². The Hall–Kier alpha value is -2.46. The summed E-state index contributed by atoms with van der Waals surface area (Å²) in [6, 6.07) is 3.21. The Morgan fingerprint density at radius 1 is 1.24 bits per heavy atom. The van der Waals surface area contributed by atoms with Crippen molar-refractivity contribution in [3.63, 3.8) is 0 Å². The highest BCUT2D eigenvalue weighted by Gasteiger charge is 2.24. The van der Waals surface area contributed by atoms with Crippen LogP contribution in [0.3, 0.4) is 0 Å². The second-order valence-electron chi connectivity index (χ2n) is 5.49. The van der Waals surface area contributed by atoms with Gasteiger partial charge in [-0.2, -0.15) is 0 Å². The molecule has 0 bridgehead atoms. The molecule has 0 fully saturated rings. The molecule has 1 heterocycles. The Kier molecular flexibility index (Phi) is 5.14. The van der Waals surface area contributed by atoms with Crippen LogP contribution in [0.25, 0.3) is 0 Å². The number of benzene rings is 1. The van der Waals surface area contributed by atoms with Gasteiger partial charge in [0, 0.05) is 26.3 Å². The first-order valence-corrected chi connectivity index (χ1v) is 8.69. The molecule has 0 saturated heterocycles. The molecule has 0 aliphatic carbocycles. The van der Waals surface area contributed by atoms with Gasteiger partial charge in [-0.25, -0.2) is 22.3 Å². The molecule has 0 aliphatic rings. The number of sulfonamides is 1. The summed E-state index contributed by atoms with van der Waals surface area (Å²) in [5.41, 5.74) is -1.23. The van der Waals surface area contributed by atoms with E-state index in [1.807, 2.05) is 0 Å². The second-order valence-corrected chi connectivity index (χ2v) is 7.17. The van der Waals surface area contributed by atoms with Crippen LogP contribution >= 0.6 is 0 Å². The summed E-state index contributed by atoms with van der Waals surface area (Å²) in [5, 5.41) is 0. The molecule has 8 nitrogen and oxygen atoms in total. The quantitative estimate of drug-likeness (QED) is 0.813. The third kappa shape index (κ3) is 3.64. The third-order valence-electron chi connectivity index (χ3n) is 3.71. The van der Waals surface area contributed by atoms with Gasteiger partial charge in [0.25, 0.3) is 5.56 Å². The predicted octanol–water partition coefficient (Wildman–Crippen LogP) is 0.271. The van der Waals surface area contributed by atoms with Crippen molar-refractivity contribution in [3.8, 4) is 5.75 Å². The summed E-state index contributed by atoms with van der Waals surface area (Å²) in [6.45, 7) is 1.51. The first kappa shape index (κ1) is 18.9. The minimum absolute atomic E-state index is 0.0331. The standard InChI is InChI=1S/C15H18FN3O5S/c1-9(10-5-6-12(24-4)11(16)7-10)17-25(22,23)13-8-18(2)15(21)19(3)14(13)20/h5-9,17H,1-4H3/t9-/m1/s1. The molecule has 1 aromatic heterocycles. The van der Waals surface area contributed by atoms with Crippen LogP contribution in [-0.2, 0) is 24.1 Å². The lowest BCUT2D eigenvalue weighted by molar-refractivity contribution is 0.386. The Balaban J connectivity index is 2.41. The fourth-order valence-electron chi connectivity index (χ4n) is 2.28. The van der Waals surface area contributed by atoms with E-state index in [4.69, 9.17) is 4.74 Å². The second kappa shape index (κ2) is 6.81. The normalized spacial score (nSPS) is 12.8. The summed E-state index contributed by atoms with van der Waals surface area (Å²) < 4.78 is 47.6. The van der Waals surface area contributed by atoms with Crippen LogP contribution in [0.2, 0.25) is 0 Å². The van der Waals surface area contributed by atoms with E-state index in [1.165, 1.54) is 40.3 Å². The molecule has 0 unspecified atom stereocenters. The summed E-state index contributed by atoms with van der Waals surface area (Å²) in [4.78, 5) is 23.2. The molecular formula is C15H18FN3O5S. The fraction of sp³-hybridized carbons (Fsp3) is 0.333. The Morgan fingerprint density at radius 2 is 1.88 bits per heavy atom. The number of hydrogen-bond donors (Lipinski definition) is 1. The number of rotatable bonds is 5. The van der Waals surface area contributed by atoms with Gasteiger partial charge in [-0.15, -0.1) is 0 Å². The number of nitrogens with zero attached hydrogens (tertiary/aromatic N) is 2. The smallest absolute Gasteiger partial charge is 0.330 e. The molecule has 0 saturated carbocycles. The predicted molar refractivity (Wildman–Crippen MR) is 88.6 cm³/mol. The lowest BCUT2D eigenvalue weighted by Crippen LogP contribution is -2.41. The minimum atomic E-state index is -4.23. The molecule has 25 heavy (non-hydrogen) atoms. The van der Waals surface area contributed by atoms with E-state index >= 15 is 0 Å². The van der Waals surface area contributed by atoms with E-state index in [0.717, 1.165) is 16.8 Å². The average molecular weight is 371 g/mol. The average Bonchev–Trinajstić information content (AvgIpc) is 2.55. The Morgan fingerprint density at radius 3 is 2.44 bits per heavy atom. The minimum Gasteiger partial charge on any atom is -0.494 e. The molecule has 1 N–H and O–H groups in total. The van der Waals surface area contributed by atoms with Gasteiger partial charge in [-0.1, -0.05) is 6.07 Å². The number of methoxy groups -OCH3 is 1. The van der Waals surface area contributed by atoms with Gasteiger partial charge in [0.2, 0.25) is 10.0 Å². The molecule has 136 valence electrons. The van der Waals surface area contributed by atoms with Crippen molar-refractivity contribution >= 4 is 10.0 Å². The van der Waals surface area contributed by atoms with Gasteiger partial charge in [-0.3, -0.25) is 9.36 Å². The topological polar surface area (TPSA) is 99.4 Å². The van der Waals surface area contributed by atoms with Crippen molar-refractivity contribution in [2.45, 2.75) is 17.9 Å². The molecule has 10 heteroatoms. The molecular weight excluding hydrogens is 353 g/mol. The van der Waals surface area contributed by atoms with Crippen LogP contribution in [0.1, 0.15) is 18.5 Å². The zero-order chi connectivity index (χ0) is 18.9. The maximum Gasteiger partial charge on any atom is 0.330 e. The maximum atomic E-state index is 13.8. The Labute approximate surface area is 143 Å². The summed E-state index contributed by atoms with van der Waals surface area (Å²) in [6.07, 6.45) is 0.953. The van der Waals surface area contributed by atoms with Gasteiger partial charge >= 0.3 is 5.69 Å². The van der Waals surface area contributed by atoms with Crippen molar-refractivity contribution in [3.05, 3.63) is 56.6 Å². The molecule has 0 amide bonds. The fourth-order valence-corrected chi connectivity index (χ4v) is 3.67. The highest BCUT2D eigenvalue weighted by Crippen LogP contribution is 2.22. The molecule has 1 atom stereocenters. The van der Waals surface area contributed by atoms with E-state index in [9.17, 15) is 22.4 Å². The number of halogens is 1. The monoisotopic (exact) mass is 371 g/mol. The number of nitrogens with one attached hydrogen (secondary N) is 1. The molecule has 2 rings (SSSR count). The SMILES string of the molecule is COc1ccc([C@@H](C)NS(=O)(=O)c2cn(C)c(=O)n(C)c2=O)cc1F. The maximum absolute atomic E-state index is 13.8. The third-order valence-corrected chi connectivity index (χ3v) is 5.24. The highest BCUT2D eigenvalue weighted by molar-refractivity contribution is 7.89. The largest absolute Gasteiger partial charge is 0.494 e. The van der Waals surface area contributed by atoms with Crippen molar-refractivity contribution < 1.29 is 17.5 Å². The number of hydrogen-bond acceptors (Lipinski definition) is 5. The summed E-state index contributed by atoms with van der Waals surface area (Å²) in [7, 11) is -0.383. The van der Waals surface area contributed by atoms with Gasteiger partial charge in [-0.05, 0) is 24.6 Å². The summed E-state index contributed by atoms with van der Waals surface area (Å²) >= 11 is 0. The Bertz CT molecular complexity index is 1030. The van der Waals surface area contributed by atoms with Crippen molar-refractivity contribution in [2.24, 2.45) is 14.1 Å². The number of aryl methyl sites for hydroxylation is 1. The van der Waals surface area contributed by atoms with Gasteiger partial charge in [0.05, 0.1) is 7.11 Å². The molecule has 0 radical (unpaired) electrons. The van der Waals surface area contributed by atoms with Crippen LogP contribution in [0.5, 0.6) is 5.75 Å². The molecule has 1 aromatic carbocycles. The lowest BCUT2D eigenvalue weighted by atomic mass is 10.1. The van der Waals surface area contributed by atoms with E-state index in [0.29, 0.717) is 10.1 Å². The van der Waals surface area contributed by atoms with E-state index in [2.05, 4.69) is 4.72 Å². The number of aromatic nitrogens is 2. The number of ether oxygens (including phenoxy) is 1. The van der Waals surface area contributed by atoms with E-state index < -0.39 is 38.0 Å². The van der Waals surface area contributed by atoms with Crippen molar-refractivity contribution in [2.75, 3.05) is 7.11 Å². The highest BCUT2D eigenvalue weighted by atomic mass is 32.2. The van der Waals surface area contributed by atoms with Gasteiger partial charge in [0.15, 0.2) is 16.5 Å². The van der Waals surface area contributed by atoms with Gasteiger partial charge < -0.3 is 9.30 Å². The van der Waals surface area contributed by atoms with Crippen molar-refractivity contribution in [1.82, 2.24) is 13.9 Å². The first-order chi connectivity index (χ1) is 11.6.